The molecule has 0 radical (unpaired) electrons. The Morgan fingerprint density at radius 2 is 1.79 bits per heavy atom. The molecule has 1 aliphatic rings. The topological polar surface area (TPSA) is 75.9 Å². The first-order valence-electron chi connectivity index (χ1n) is 8.37. The average Bonchev–Trinajstić information content (AvgIpc) is 2.60. The Morgan fingerprint density at radius 1 is 1.17 bits per heavy atom. The second kappa shape index (κ2) is 8.15. The maximum Gasteiger partial charge on any atom is 0.227 e. The Hall–Kier alpha value is -2.08. The summed E-state index contributed by atoms with van der Waals surface area (Å²) in [7, 11) is 1.61. The lowest BCUT2D eigenvalue weighted by Crippen LogP contribution is -2.53. The molecule has 1 saturated heterocycles. The van der Waals surface area contributed by atoms with E-state index in [1.807, 2.05) is 47.9 Å². The number of ether oxygens (including phenoxy) is 1. The molecule has 6 heteroatoms. The molecular weight excluding hydrogens is 306 g/mol. The van der Waals surface area contributed by atoms with Crippen molar-refractivity contribution in [3.63, 3.8) is 0 Å². The van der Waals surface area contributed by atoms with Crippen molar-refractivity contribution in [1.82, 2.24) is 9.80 Å². The Labute approximate surface area is 143 Å². The summed E-state index contributed by atoms with van der Waals surface area (Å²) in [5.41, 5.74) is 6.74. The molecule has 2 unspecified atom stereocenters. The molecule has 2 amide bonds. The molecule has 1 aliphatic heterocycles. The van der Waals surface area contributed by atoms with Crippen molar-refractivity contribution in [2.24, 2.45) is 11.7 Å². The molecule has 0 bridgehead atoms. The molecule has 0 aliphatic carbocycles. The standard InChI is InChI=1S/C18H27N3O3/c1-13(14(2)19)18(23)21-9-7-20(8-10-21)17(22)12-15-5-4-6-16(11-15)24-3/h4-6,11,13-14H,7-10,12,19H2,1-3H3. The maximum atomic E-state index is 12.4. The van der Waals surface area contributed by atoms with Gasteiger partial charge in [0.25, 0.3) is 0 Å². The number of benzene rings is 1. The number of carbonyl (C=O) groups excluding carboxylic acids is 2. The third kappa shape index (κ3) is 4.47. The van der Waals surface area contributed by atoms with E-state index in [2.05, 4.69) is 0 Å². The number of hydrogen-bond donors (Lipinski definition) is 1. The van der Waals surface area contributed by atoms with E-state index in [0.717, 1.165) is 11.3 Å². The third-order valence-electron chi connectivity index (χ3n) is 4.61. The second-order valence-corrected chi connectivity index (χ2v) is 6.38. The van der Waals surface area contributed by atoms with Gasteiger partial charge < -0.3 is 20.3 Å². The predicted molar refractivity (Wildman–Crippen MR) is 92.7 cm³/mol. The molecule has 0 spiro atoms. The zero-order chi connectivity index (χ0) is 17.7. The second-order valence-electron chi connectivity index (χ2n) is 6.38. The van der Waals surface area contributed by atoms with Gasteiger partial charge in [0.1, 0.15) is 5.75 Å². The molecule has 0 aromatic heterocycles. The summed E-state index contributed by atoms with van der Waals surface area (Å²) in [4.78, 5) is 28.4. The van der Waals surface area contributed by atoms with E-state index in [1.165, 1.54) is 0 Å². The largest absolute Gasteiger partial charge is 0.497 e. The van der Waals surface area contributed by atoms with Gasteiger partial charge in [-0.1, -0.05) is 19.1 Å². The quantitative estimate of drug-likeness (QED) is 0.868. The highest BCUT2D eigenvalue weighted by atomic mass is 16.5. The minimum absolute atomic E-state index is 0.0740. The van der Waals surface area contributed by atoms with Crippen molar-refractivity contribution in [3.8, 4) is 5.75 Å². The summed E-state index contributed by atoms with van der Waals surface area (Å²) in [6, 6.07) is 7.38. The summed E-state index contributed by atoms with van der Waals surface area (Å²) < 4.78 is 5.18. The van der Waals surface area contributed by atoms with E-state index in [4.69, 9.17) is 10.5 Å². The summed E-state index contributed by atoms with van der Waals surface area (Å²) in [5.74, 6) is 0.713. The van der Waals surface area contributed by atoms with Gasteiger partial charge in [0.2, 0.25) is 11.8 Å². The van der Waals surface area contributed by atoms with Crippen LogP contribution in [0.4, 0.5) is 0 Å². The first-order valence-corrected chi connectivity index (χ1v) is 8.37. The van der Waals surface area contributed by atoms with Gasteiger partial charge in [-0.15, -0.1) is 0 Å². The van der Waals surface area contributed by atoms with Crippen LogP contribution in [0.5, 0.6) is 5.75 Å². The van der Waals surface area contributed by atoms with Gasteiger partial charge in [0, 0.05) is 32.2 Å². The lowest BCUT2D eigenvalue weighted by atomic mass is 10.0. The van der Waals surface area contributed by atoms with Crippen molar-refractivity contribution in [1.29, 1.82) is 0 Å². The number of nitrogens with two attached hydrogens (primary N) is 1. The van der Waals surface area contributed by atoms with E-state index >= 15 is 0 Å². The number of piperazine rings is 1. The van der Waals surface area contributed by atoms with E-state index < -0.39 is 0 Å². The van der Waals surface area contributed by atoms with Gasteiger partial charge >= 0.3 is 0 Å². The number of nitrogens with zero attached hydrogens (tertiary/aromatic N) is 2. The van der Waals surface area contributed by atoms with Crippen LogP contribution in [0.15, 0.2) is 24.3 Å². The Kier molecular flexibility index (Phi) is 6.20. The lowest BCUT2D eigenvalue weighted by Gasteiger charge is -2.36. The molecule has 1 heterocycles. The Morgan fingerprint density at radius 3 is 2.38 bits per heavy atom. The van der Waals surface area contributed by atoms with Crippen molar-refractivity contribution in [2.75, 3.05) is 33.3 Å². The summed E-state index contributed by atoms with van der Waals surface area (Å²) in [5, 5.41) is 0. The van der Waals surface area contributed by atoms with Gasteiger partial charge in [-0.05, 0) is 24.6 Å². The van der Waals surface area contributed by atoms with Gasteiger partial charge in [-0.25, -0.2) is 0 Å². The highest BCUT2D eigenvalue weighted by Crippen LogP contribution is 2.15. The number of rotatable bonds is 5. The fourth-order valence-corrected chi connectivity index (χ4v) is 2.76. The molecule has 2 atom stereocenters. The van der Waals surface area contributed by atoms with E-state index in [0.29, 0.717) is 32.6 Å². The molecule has 24 heavy (non-hydrogen) atoms. The fraction of sp³-hybridized carbons (Fsp3) is 0.556. The van der Waals surface area contributed by atoms with Crippen molar-refractivity contribution < 1.29 is 14.3 Å². The highest BCUT2D eigenvalue weighted by Gasteiger charge is 2.28. The zero-order valence-electron chi connectivity index (χ0n) is 14.7. The SMILES string of the molecule is COc1cccc(CC(=O)N2CCN(C(=O)C(C)C(C)N)CC2)c1. The minimum atomic E-state index is -0.191. The Bertz CT molecular complexity index is 581. The lowest BCUT2D eigenvalue weighted by molar-refractivity contribution is -0.141. The predicted octanol–water partition coefficient (Wildman–Crippen LogP) is 0.892. The van der Waals surface area contributed by atoms with Gasteiger partial charge in [0.15, 0.2) is 0 Å². The summed E-state index contributed by atoms with van der Waals surface area (Å²) in [6.45, 7) is 5.98. The molecule has 132 valence electrons. The summed E-state index contributed by atoms with van der Waals surface area (Å²) in [6.07, 6.45) is 0.349. The van der Waals surface area contributed by atoms with Crippen LogP contribution < -0.4 is 10.5 Å². The van der Waals surface area contributed by atoms with Crippen molar-refractivity contribution in [3.05, 3.63) is 29.8 Å². The minimum Gasteiger partial charge on any atom is -0.497 e. The van der Waals surface area contributed by atoms with E-state index in [1.54, 1.807) is 7.11 Å². The average molecular weight is 333 g/mol. The third-order valence-corrected chi connectivity index (χ3v) is 4.61. The first-order chi connectivity index (χ1) is 11.4. The molecule has 6 nitrogen and oxygen atoms in total. The molecule has 1 aromatic rings. The summed E-state index contributed by atoms with van der Waals surface area (Å²) >= 11 is 0. The van der Waals surface area contributed by atoms with Gasteiger partial charge in [0.05, 0.1) is 19.4 Å². The van der Waals surface area contributed by atoms with Crippen LogP contribution in [0, 0.1) is 5.92 Å². The molecule has 1 aromatic carbocycles. The first kappa shape index (κ1) is 18.3. The fourth-order valence-electron chi connectivity index (χ4n) is 2.76. The van der Waals surface area contributed by atoms with Crippen LogP contribution in [-0.4, -0.2) is 60.9 Å². The zero-order valence-corrected chi connectivity index (χ0v) is 14.7. The number of carbonyl (C=O) groups is 2. The van der Waals surface area contributed by atoms with Crippen molar-refractivity contribution >= 4 is 11.8 Å². The molecular formula is C18H27N3O3. The number of hydrogen-bond acceptors (Lipinski definition) is 4. The Balaban J connectivity index is 1.87. The highest BCUT2D eigenvalue weighted by molar-refractivity contribution is 5.81. The number of methoxy groups -OCH3 is 1. The van der Waals surface area contributed by atoms with Crippen LogP contribution in [0.1, 0.15) is 19.4 Å². The molecule has 1 fully saturated rings. The van der Waals surface area contributed by atoms with Crippen molar-refractivity contribution in [2.45, 2.75) is 26.3 Å². The molecule has 2 N–H and O–H groups in total. The van der Waals surface area contributed by atoms with E-state index in [9.17, 15) is 9.59 Å². The van der Waals surface area contributed by atoms with Crippen LogP contribution in [0.25, 0.3) is 0 Å². The molecule has 2 rings (SSSR count). The van der Waals surface area contributed by atoms with Gasteiger partial charge in [-0.2, -0.15) is 0 Å². The molecule has 0 saturated carbocycles. The monoisotopic (exact) mass is 333 g/mol. The van der Waals surface area contributed by atoms with Crippen LogP contribution >= 0.6 is 0 Å². The number of amides is 2. The van der Waals surface area contributed by atoms with Crippen LogP contribution in [0.3, 0.4) is 0 Å². The van der Waals surface area contributed by atoms with Gasteiger partial charge in [-0.3, -0.25) is 9.59 Å². The van der Waals surface area contributed by atoms with Crippen LogP contribution in [-0.2, 0) is 16.0 Å². The van der Waals surface area contributed by atoms with Crippen LogP contribution in [0.2, 0.25) is 0 Å². The van der Waals surface area contributed by atoms with E-state index in [-0.39, 0.29) is 23.8 Å². The normalized spacial score (nSPS) is 17.3. The smallest absolute Gasteiger partial charge is 0.227 e. The maximum absolute atomic E-state index is 12.4.